The highest BCUT2D eigenvalue weighted by Gasteiger charge is 2.38. The van der Waals surface area contributed by atoms with Gasteiger partial charge in [-0.15, -0.1) is 0 Å². The number of nitrogens with zero attached hydrogens (tertiary/aromatic N) is 1. The summed E-state index contributed by atoms with van der Waals surface area (Å²) in [5, 5.41) is 4.41. The van der Waals surface area contributed by atoms with Gasteiger partial charge in [-0.1, -0.05) is 39.0 Å². The molecule has 5 nitrogen and oxygen atoms in total. The largest absolute Gasteiger partial charge is 0.375 e. The fourth-order valence-corrected chi connectivity index (χ4v) is 4.43. The zero-order valence-electron chi connectivity index (χ0n) is 15.9. The van der Waals surface area contributed by atoms with Crippen LogP contribution in [0.25, 0.3) is 10.9 Å². The number of H-pyrrole nitrogens is 1. The average Bonchev–Trinajstić information content (AvgIpc) is 3.20. The number of nitrogens with one attached hydrogen (secondary N) is 2. The summed E-state index contributed by atoms with van der Waals surface area (Å²) < 4.78 is 6.01. The molecule has 2 aliphatic rings. The Hall–Kier alpha value is -1.85. The van der Waals surface area contributed by atoms with E-state index in [2.05, 4.69) is 42.0 Å². The van der Waals surface area contributed by atoms with Gasteiger partial charge in [-0.3, -0.25) is 9.69 Å². The summed E-state index contributed by atoms with van der Waals surface area (Å²) in [6.45, 7) is 9.20. The minimum absolute atomic E-state index is 0.0178. The number of para-hydroxylation sites is 1. The highest BCUT2D eigenvalue weighted by atomic mass is 16.5. The number of carbonyl (C=O) groups is 1. The lowest BCUT2D eigenvalue weighted by atomic mass is 10.0. The van der Waals surface area contributed by atoms with Gasteiger partial charge in [-0.05, 0) is 30.4 Å². The number of hydrogen-bond acceptors (Lipinski definition) is 3. The van der Waals surface area contributed by atoms with Crippen LogP contribution in [0.1, 0.15) is 43.2 Å². The van der Waals surface area contributed by atoms with Crippen molar-refractivity contribution in [1.82, 2.24) is 15.2 Å². The van der Waals surface area contributed by atoms with Crippen LogP contribution in [0.5, 0.6) is 0 Å². The van der Waals surface area contributed by atoms with Crippen molar-refractivity contribution < 1.29 is 9.53 Å². The molecule has 0 spiro atoms. The summed E-state index contributed by atoms with van der Waals surface area (Å²) >= 11 is 0. The fourth-order valence-electron chi connectivity index (χ4n) is 4.43. The lowest BCUT2D eigenvalue weighted by Crippen LogP contribution is -2.48. The van der Waals surface area contributed by atoms with Gasteiger partial charge in [-0.2, -0.15) is 0 Å². The molecule has 5 heteroatoms. The quantitative estimate of drug-likeness (QED) is 0.886. The molecule has 1 aromatic carbocycles. The normalized spacial score (nSPS) is 26.4. The van der Waals surface area contributed by atoms with E-state index in [-0.39, 0.29) is 11.9 Å². The van der Waals surface area contributed by atoms with Gasteiger partial charge >= 0.3 is 0 Å². The predicted molar refractivity (Wildman–Crippen MR) is 103 cm³/mol. The third-order valence-electron chi connectivity index (χ3n) is 5.92. The van der Waals surface area contributed by atoms with Gasteiger partial charge in [0.25, 0.3) is 5.91 Å². The first-order chi connectivity index (χ1) is 12.6. The maximum atomic E-state index is 12.9. The Morgan fingerprint density at radius 2 is 2.15 bits per heavy atom. The number of aromatic amines is 1. The number of aryl methyl sites for hydroxylation is 1. The van der Waals surface area contributed by atoms with Crippen molar-refractivity contribution in [2.75, 3.05) is 19.7 Å². The lowest BCUT2D eigenvalue weighted by Gasteiger charge is -2.36. The number of hydrogen-bond donors (Lipinski definition) is 2. The molecule has 26 heavy (non-hydrogen) atoms. The van der Waals surface area contributed by atoms with Gasteiger partial charge in [0.1, 0.15) is 5.69 Å². The lowest BCUT2D eigenvalue weighted by molar-refractivity contribution is -0.0683. The first kappa shape index (κ1) is 17.6. The van der Waals surface area contributed by atoms with Crippen LogP contribution in [0.3, 0.4) is 0 Å². The zero-order chi connectivity index (χ0) is 18.3. The summed E-state index contributed by atoms with van der Waals surface area (Å²) in [5.74, 6) is 0.548. The van der Waals surface area contributed by atoms with Gasteiger partial charge in [0.2, 0.25) is 0 Å². The molecule has 0 unspecified atom stereocenters. The molecule has 2 saturated heterocycles. The number of carbonyl (C=O) groups excluding carboxylic acids is 1. The molecule has 2 fully saturated rings. The number of aromatic nitrogens is 1. The molecule has 140 valence electrons. The number of fused-ring (bicyclic) bond motifs is 2. The van der Waals surface area contributed by atoms with Crippen LogP contribution in [-0.2, 0) is 11.2 Å². The highest BCUT2D eigenvalue weighted by molar-refractivity contribution is 6.01. The SMILES string of the molecule is CCc1c(C(=O)N[C@@H]2C[C@H]3CO[C@H](C(C)C)CN3C2)[nH]c2ccccc12. The van der Waals surface area contributed by atoms with Crippen LogP contribution in [-0.4, -0.2) is 53.7 Å². The van der Waals surface area contributed by atoms with Crippen molar-refractivity contribution >= 4 is 16.8 Å². The molecular formula is C21H29N3O2. The maximum Gasteiger partial charge on any atom is 0.268 e. The van der Waals surface area contributed by atoms with E-state index >= 15 is 0 Å². The minimum Gasteiger partial charge on any atom is -0.375 e. The van der Waals surface area contributed by atoms with Crippen molar-refractivity contribution in [2.24, 2.45) is 5.92 Å². The summed E-state index contributed by atoms with van der Waals surface area (Å²) in [6.07, 6.45) is 2.12. The average molecular weight is 355 g/mol. The smallest absolute Gasteiger partial charge is 0.268 e. The van der Waals surface area contributed by atoms with Gasteiger partial charge in [0, 0.05) is 36.1 Å². The third kappa shape index (κ3) is 3.14. The molecule has 2 aliphatic heterocycles. The molecule has 0 saturated carbocycles. The Balaban J connectivity index is 1.46. The van der Waals surface area contributed by atoms with Crippen LogP contribution < -0.4 is 5.32 Å². The number of rotatable bonds is 4. The molecule has 1 aromatic heterocycles. The Morgan fingerprint density at radius 1 is 1.35 bits per heavy atom. The van der Waals surface area contributed by atoms with Crippen molar-refractivity contribution in [2.45, 2.75) is 51.8 Å². The van der Waals surface area contributed by atoms with Crippen molar-refractivity contribution in [3.8, 4) is 0 Å². The Morgan fingerprint density at radius 3 is 2.92 bits per heavy atom. The van der Waals surface area contributed by atoms with E-state index in [4.69, 9.17) is 4.74 Å². The molecule has 3 heterocycles. The van der Waals surface area contributed by atoms with E-state index in [1.165, 1.54) is 0 Å². The van der Waals surface area contributed by atoms with Crippen LogP contribution in [0.4, 0.5) is 0 Å². The van der Waals surface area contributed by atoms with Crippen LogP contribution in [0, 0.1) is 5.92 Å². The molecule has 0 radical (unpaired) electrons. The van der Waals surface area contributed by atoms with Crippen molar-refractivity contribution in [3.05, 3.63) is 35.5 Å². The number of ether oxygens (including phenoxy) is 1. The van der Waals surface area contributed by atoms with E-state index in [1.54, 1.807) is 0 Å². The summed E-state index contributed by atoms with van der Waals surface area (Å²) in [5.41, 5.74) is 2.86. The summed E-state index contributed by atoms with van der Waals surface area (Å²) in [6, 6.07) is 8.77. The van der Waals surface area contributed by atoms with Gasteiger partial charge in [-0.25, -0.2) is 0 Å². The Labute approximate surface area is 155 Å². The second-order valence-corrected chi connectivity index (χ2v) is 8.01. The number of benzene rings is 1. The fraction of sp³-hybridized carbons (Fsp3) is 0.571. The molecule has 2 aromatic rings. The monoisotopic (exact) mass is 355 g/mol. The third-order valence-corrected chi connectivity index (χ3v) is 5.92. The van der Waals surface area contributed by atoms with Gasteiger partial charge in [0.15, 0.2) is 0 Å². The van der Waals surface area contributed by atoms with Crippen molar-refractivity contribution in [3.63, 3.8) is 0 Å². The topological polar surface area (TPSA) is 57.4 Å². The molecule has 3 atom stereocenters. The second kappa shape index (κ2) is 7.05. The van der Waals surface area contributed by atoms with Gasteiger partial charge in [0.05, 0.1) is 12.7 Å². The van der Waals surface area contributed by atoms with Crippen LogP contribution in [0.15, 0.2) is 24.3 Å². The number of morpholine rings is 1. The maximum absolute atomic E-state index is 12.9. The first-order valence-electron chi connectivity index (χ1n) is 9.83. The number of amides is 1. The minimum atomic E-state index is 0.0178. The van der Waals surface area contributed by atoms with E-state index < -0.39 is 0 Å². The van der Waals surface area contributed by atoms with E-state index in [1.807, 2.05) is 18.2 Å². The van der Waals surface area contributed by atoms with Crippen LogP contribution in [0.2, 0.25) is 0 Å². The Bertz CT molecular complexity index is 798. The Kier molecular flexibility index (Phi) is 4.76. The van der Waals surface area contributed by atoms with Gasteiger partial charge < -0.3 is 15.0 Å². The highest BCUT2D eigenvalue weighted by Crippen LogP contribution is 2.27. The predicted octanol–water partition coefficient (Wildman–Crippen LogP) is 2.96. The molecule has 2 N–H and O–H groups in total. The van der Waals surface area contributed by atoms with Crippen LogP contribution >= 0.6 is 0 Å². The molecule has 4 rings (SSSR count). The summed E-state index contributed by atoms with van der Waals surface area (Å²) in [7, 11) is 0. The standard InChI is InChI=1S/C21H29N3O2/c1-4-16-17-7-5-6-8-18(17)23-20(16)21(25)22-14-9-15-12-26-19(13(2)3)11-24(15)10-14/h5-8,13-15,19,23H,4,9-12H2,1-3H3,(H,22,25)/t14-,15+,19+/m1/s1. The van der Waals surface area contributed by atoms with Crippen molar-refractivity contribution in [1.29, 1.82) is 0 Å². The van der Waals surface area contributed by atoms with E-state index in [0.717, 1.165) is 54.7 Å². The zero-order valence-corrected chi connectivity index (χ0v) is 15.9. The van der Waals surface area contributed by atoms with E-state index in [9.17, 15) is 4.79 Å². The molecule has 0 bridgehead atoms. The van der Waals surface area contributed by atoms with E-state index in [0.29, 0.717) is 18.1 Å². The first-order valence-corrected chi connectivity index (χ1v) is 9.83. The second-order valence-electron chi connectivity index (χ2n) is 8.01. The summed E-state index contributed by atoms with van der Waals surface area (Å²) in [4.78, 5) is 18.8. The molecule has 0 aliphatic carbocycles. The molecular weight excluding hydrogens is 326 g/mol. The molecule has 1 amide bonds.